The van der Waals surface area contributed by atoms with Gasteiger partial charge < -0.3 is 10.1 Å². The van der Waals surface area contributed by atoms with Crippen molar-refractivity contribution in [2.24, 2.45) is 5.92 Å². The Kier molecular flexibility index (Phi) is 5.04. The van der Waals surface area contributed by atoms with Gasteiger partial charge in [0, 0.05) is 6.42 Å². The highest BCUT2D eigenvalue weighted by Gasteiger charge is 2.29. The van der Waals surface area contributed by atoms with Crippen LogP contribution >= 0.6 is 0 Å². The fourth-order valence-corrected chi connectivity index (χ4v) is 4.63. The number of rotatable bonds is 4. The average molecular weight is 339 g/mol. The molecule has 0 bridgehead atoms. The van der Waals surface area contributed by atoms with Crippen LogP contribution < -0.4 is 10.1 Å². The van der Waals surface area contributed by atoms with Gasteiger partial charge in [-0.25, -0.2) is 8.42 Å². The summed E-state index contributed by atoms with van der Waals surface area (Å²) in [5.41, 5.74) is 1.69. The molecule has 0 aromatic heterocycles. The van der Waals surface area contributed by atoms with Crippen LogP contribution in [-0.4, -0.2) is 32.9 Å². The van der Waals surface area contributed by atoms with Crippen molar-refractivity contribution in [2.75, 3.05) is 23.9 Å². The Hall–Kier alpha value is -1.56. The van der Waals surface area contributed by atoms with Gasteiger partial charge in [-0.3, -0.25) is 4.79 Å². The van der Waals surface area contributed by atoms with Gasteiger partial charge in [0.1, 0.15) is 5.75 Å². The molecule has 1 unspecified atom stereocenters. The number of nitrogens with one attached hydrogen (secondary N) is 1. The highest BCUT2D eigenvalue weighted by molar-refractivity contribution is 7.91. The van der Waals surface area contributed by atoms with E-state index < -0.39 is 9.84 Å². The Morgan fingerprint density at radius 3 is 2.57 bits per heavy atom. The third-order valence-electron chi connectivity index (χ3n) is 4.14. The molecule has 1 atom stereocenters. The molecule has 0 spiro atoms. The van der Waals surface area contributed by atoms with Crippen molar-refractivity contribution in [3.8, 4) is 5.75 Å². The minimum Gasteiger partial charge on any atom is -0.495 e. The number of carbonyl (C=O) groups is 1. The van der Waals surface area contributed by atoms with Gasteiger partial charge in [-0.05, 0) is 35.4 Å². The van der Waals surface area contributed by atoms with Gasteiger partial charge in [0.15, 0.2) is 9.84 Å². The third-order valence-corrected chi connectivity index (χ3v) is 5.98. The van der Waals surface area contributed by atoms with Gasteiger partial charge in [-0.1, -0.05) is 26.8 Å². The van der Waals surface area contributed by atoms with Crippen LogP contribution in [-0.2, 0) is 20.0 Å². The van der Waals surface area contributed by atoms with Crippen LogP contribution in [0.1, 0.15) is 39.2 Å². The quantitative estimate of drug-likeness (QED) is 0.915. The number of methoxy groups -OCH3 is 1. The van der Waals surface area contributed by atoms with Crippen LogP contribution in [0.4, 0.5) is 5.69 Å². The molecule has 2 rings (SSSR count). The number of ether oxygens (including phenoxy) is 1. The van der Waals surface area contributed by atoms with Gasteiger partial charge >= 0.3 is 0 Å². The molecule has 1 aromatic carbocycles. The fourth-order valence-electron chi connectivity index (χ4n) is 2.77. The maximum atomic E-state index is 12.2. The highest BCUT2D eigenvalue weighted by atomic mass is 32.2. The Balaban J connectivity index is 2.10. The molecule has 5 nitrogen and oxygen atoms in total. The van der Waals surface area contributed by atoms with Gasteiger partial charge in [-0.15, -0.1) is 0 Å². The van der Waals surface area contributed by atoms with Crippen LogP contribution in [0.3, 0.4) is 0 Å². The molecule has 1 aliphatic heterocycles. The summed E-state index contributed by atoms with van der Waals surface area (Å²) in [7, 11) is -1.40. The molecule has 1 aliphatic rings. The van der Waals surface area contributed by atoms with Crippen molar-refractivity contribution in [1.82, 2.24) is 0 Å². The zero-order valence-corrected chi connectivity index (χ0v) is 15.0. The first-order valence-electron chi connectivity index (χ1n) is 7.79. The first-order chi connectivity index (χ1) is 10.6. The summed E-state index contributed by atoms with van der Waals surface area (Å²) in [6, 6.07) is 5.75. The summed E-state index contributed by atoms with van der Waals surface area (Å²) in [6.07, 6.45) is 0.789. The number of hydrogen-bond acceptors (Lipinski definition) is 4. The standard InChI is InChI=1S/C17H25NO4S/c1-17(2,3)13-5-6-15(22-4)14(10-13)18-16(19)9-12-7-8-23(20,21)11-12/h5-6,10,12H,7-9,11H2,1-4H3,(H,18,19). The topological polar surface area (TPSA) is 72.5 Å². The number of benzene rings is 1. The molecule has 1 aromatic rings. The molecule has 1 saturated heterocycles. The lowest BCUT2D eigenvalue weighted by Crippen LogP contribution is -2.19. The zero-order valence-electron chi connectivity index (χ0n) is 14.2. The minimum atomic E-state index is -2.96. The second kappa shape index (κ2) is 6.51. The van der Waals surface area contributed by atoms with Gasteiger partial charge in [0.25, 0.3) is 0 Å². The molecule has 6 heteroatoms. The van der Waals surface area contributed by atoms with E-state index in [0.717, 1.165) is 5.56 Å². The summed E-state index contributed by atoms with van der Waals surface area (Å²) < 4.78 is 28.3. The smallest absolute Gasteiger partial charge is 0.224 e. The second-order valence-electron chi connectivity index (χ2n) is 7.19. The Bertz CT molecular complexity index is 689. The summed E-state index contributed by atoms with van der Waals surface area (Å²) in [4.78, 5) is 12.2. The molecule has 0 saturated carbocycles. The third kappa shape index (κ3) is 4.70. The molecule has 0 radical (unpaired) electrons. The second-order valence-corrected chi connectivity index (χ2v) is 9.42. The van der Waals surface area contributed by atoms with Crippen molar-refractivity contribution in [3.63, 3.8) is 0 Å². The molecule has 1 amide bonds. The van der Waals surface area contributed by atoms with Crippen molar-refractivity contribution < 1.29 is 17.9 Å². The maximum absolute atomic E-state index is 12.2. The number of anilines is 1. The Morgan fingerprint density at radius 1 is 1.35 bits per heavy atom. The van der Waals surface area contributed by atoms with E-state index in [1.165, 1.54) is 0 Å². The first-order valence-corrected chi connectivity index (χ1v) is 9.61. The summed E-state index contributed by atoms with van der Waals surface area (Å²) in [6.45, 7) is 6.30. The lowest BCUT2D eigenvalue weighted by molar-refractivity contribution is -0.116. The van der Waals surface area contributed by atoms with Crippen LogP contribution in [0, 0.1) is 5.92 Å². The van der Waals surface area contributed by atoms with E-state index in [4.69, 9.17) is 4.74 Å². The molecule has 0 aliphatic carbocycles. The van der Waals surface area contributed by atoms with Crippen LogP contribution in [0.5, 0.6) is 5.75 Å². The molecule has 1 fully saturated rings. The summed E-state index contributed by atoms with van der Waals surface area (Å²) >= 11 is 0. The number of amides is 1. The molecule has 1 heterocycles. The Morgan fingerprint density at radius 2 is 2.04 bits per heavy atom. The largest absolute Gasteiger partial charge is 0.495 e. The zero-order chi connectivity index (χ0) is 17.3. The number of hydrogen-bond donors (Lipinski definition) is 1. The van der Waals surface area contributed by atoms with E-state index in [2.05, 4.69) is 26.1 Å². The van der Waals surface area contributed by atoms with E-state index in [-0.39, 0.29) is 35.2 Å². The maximum Gasteiger partial charge on any atom is 0.224 e. The molecule has 128 valence electrons. The molecular weight excluding hydrogens is 314 g/mol. The van der Waals surface area contributed by atoms with Gasteiger partial charge in [-0.2, -0.15) is 0 Å². The van der Waals surface area contributed by atoms with Crippen molar-refractivity contribution in [3.05, 3.63) is 23.8 Å². The molecule has 23 heavy (non-hydrogen) atoms. The van der Waals surface area contributed by atoms with Gasteiger partial charge in [0.05, 0.1) is 24.3 Å². The van der Waals surface area contributed by atoms with E-state index in [9.17, 15) is 13.2 Å². The van der Waals surface area contributed by atoms with E-state index in [1.54, 1.807) is 7.11 Å². The first kappa shape index (κ1) is 17.8. The van der Waals surface area contributed by atoms with Crippen molar-refractivity contribution in [1.29, 1.82) is 0 Å². The van der Waals surface area contributed by atoms with Gasteiger partial charge in [0.2, 0.25) is 5.91 Å². The fraction of sp³-hybridized carbons (Fsp3) is 0.588. The lowest BCUT2D eigenvalue weighted by atomic mass is 9.87. The number of sulfone groups is 1. The normalized spacial score (nSPS) is 20.3. The van der Waals surface area contributed by atoms with E-state index >= 15 is 0 Å². The summed E-state index contributed by atoms with van der Waals surface area (Å²) in [5, 5.41) is 2.87. The van der Waals surface area contributed by atoms with E-state index in [1.807, 2.05) is 18.2 Å². The van der Waals surface area contributed by atoms with Crippen LogP contribution in [0.15, 0.2) is 18.2 Å². The molecule has 1 N–H and O–H groups in total. The van der Waals surface area contributed by atoms with Crippen molar-refractivity contribution in [2.45, 2.75) is 39.0 Å². The predicted octanol–water partition coefficient (Wildman–Crippen LogP) is 2.76. The molecular formula is C17H25NO4S. The summed E-state index contributed by atoms with van der Waals surface area (Å²) in [5.74, 6) is 0.645. The van der Waals surface area contributed by atoms with E-state index in [0.29, 0.717) is 17.9 Å². The monoisotopic (exact) mass is 339 g/mol. The van der Waals surface area contributed by atoms with Crippen LogP contribution in [0.2, 0.25) is 0 Å². The SMILES string of the molecule is COc1ccc(C(C)(C)C)cc1NC(=O)CC1CCS(=O)(=O)C1. The Labute approximate surface area is 138 Å². The predicted molar refractivity (Wildman–Crippen MR) is 91.7 cm³/mol. The average Bonchev–Trinajstić information content (AvgIpc) is 2.76. The van der Waals surface area contributed by atoms with Crippen molar-refractivity contribution >= 4 is 21.4 Å². The highest BCUT2D eigenvalue weighted by Crippen LogP contribution is 2.32. The lowest BCUT2D eigenvalue weighted by Gasteiger charge is -2.21. The number of carbonyl (C=O) groups excluding carboxylic acids is 1. The van der Waals surface area contributed by atoms with Crippen LogP contribution in [0.25, 0.3) is 0 Å². The minimum absolute atomic E-state index is 0.0364.